The molecule has 0 atom stereocenters. The first-order valence-corrected chi connectivity index (χ1v) is 6.25. The van der Waals surface area contributed by atoms with Gasteiger partial charge < -0.3 is 15.0 Å². The average molecular weight is 264 g/mol. The molecule has 0 heterocycles. The van der Waals surface area contributed by atoms with Gasteiger partial charge in [-0.05, 0) is 25.1 Å². The van der Waals surface area contributed by atoms with Crippen molar-refractivity contribution in [1.82, 2.24) is 5.32 Å². The van der Waals surface area contributed by atoms with Gasteiger partial charge in [0, 0.05) is 31.9 Å². The van der Waals surface area contributed by atoms with Crippen molar-refractivity contribution in [1.29, 1.82) is 0 Å². The minimum atomic E-state index is -0.301. The van der Waals surface area contributed by atoms with E-state index in [1.54, 1.807) is 19.1 Å². The maximum absolute atomic E-state index is 11.9. The van der Waals surface area contributed by atoms with E-state index in [0.717, 1.165) is 5.69 Å². The van der Waals surface area contributed by atoms with Crippen molar-refractivity contribution in [3.8, 4) is 0 Å². The Morgan fingerprint density at radius 1 is 1.32 bits per heavy atom. The zero-order valence-corrected chi connectivity index (χ0v) is 11.6. The molecular weight excluding hydrogens is 244 g/mol. The summed E-state index contributed by atoms with van der Waals surface area (Å²) in [6.07, 6.45) is 0.187. The first-order valence-electron chi connectivity index (χ1n) is 6.25. The Hall–Kier alpha value is -2.04. The minimum absolute atomic E-state index is 0.187. The molecule has 5 heteroatoms. The summed E-state index contributed by atoms with van der Waals surface area (Å²) >= 11 is 0. The van der Waals surface area contributed by atoms with Crippen LogP contribution in [0.3, 0.4) is 0 Å². The topological polar surface area (TPSA) is 58.6 Å². The van der Waals surface area contributed by atoms with Gasteiger partial charge in [0.2, 0.25) is 0 Å². The molecular formula is C14H20N2O3. The summed E-state index contributed by atoms with van der Waals surface area (Å²) in [7, 11) is 3.83. The maximum Gasteiger partial charge on any atom is 0.307 e. The van der Waals surface area contributed by atoms with Crippen molar-refractivity contribution in [3.05, 3.63) is 29.8 Å². The number of esters is 1. The second-order valence-corrected chi connectivity index (χ2v) is 4.26. The Balaban J connectivity index is 2.49. The number of benzene rings is 1. The quantitative estimate of drug-likeness (QED) is 0.790. The summed E-state index contributed by atoms with van der Waals surface area (Å²) in [6.45, 7) is 2.39. The van der Waals surface area contributed by atoms with Crippen LogP contribution in [0.1, 0.15) is 23.7 Å². The number of hydrogen-bond donors (Lipinski definition) is 1. The third kappa shape index (κ3) is 4.99. The Kier molecular flexibility index (Phi) is 5.85. The molecule has 0 fully saturated rings. The van der Waals surface area contributed by atoms with Gasteiger partial charge in [-0.2, -0.15) is 0 Å². The van der Waals surface area contributed by atoms with Gasteiger partial charge >= 0.3 is 5.97 Å². The van der Waals surface area contributed by atoms with Crippen LogP contribution in [-0.4, -0.2) is 39.1 Å². The number of amides is 1. The highest BCUT2D eigenvalue weighted by Gasteiger charge is 2.08. The number of ether oxygens (including phenoxy) is 1. The maximum atomic E-state index is 11.9. The predicted molar refractivity (Wildman–Crippen MR) is 74.4 cm³/mol. The molecule has 1 N–H and O–H groups in total. The lowest BCUT2D eigenvalue weighted by atomic mass is 10.2. The van der Waals surface area contributed by atoms with Crippen molar-refractivity contribution in [2.45, 2.75) is 13.3 Å². The van der Waals surface area contributed by atoms with Gasteiger partial charge in [0.15, 0.2) is 0 Å². The molecule has 1 rings (SSSR count). The van der Waals surface area contributed by atoms with E-state index in [1.807, 2.05) is 31.1 Å². The first-order chi connectivity index (χ1) is 9.04. The average Bonchev–Trinajstić information content (AvgIpc) is 2.39. The minimum Gasteiger partial charge on any atom is -0.466 e. The van der Waals surface area contributed by atoms with Crippen molar-refractivity contribution in [2.75, 3.05) is 32.1 Å². The smallest absolute Gasteiger partial charge is 0.307 e. The Morgan fingerprint density at radius 3 is 2.68 bits per heavy atom. The van der Waals surface area contributed by atoms with Crippen LogP contribution in [0.25, 0.3) is 0 Å². The highest BCUT2D eigenvalue weighted by Crippen LogP contribution is 2.13. The highest BCUT2D eigenvalue weighted by atomic mass is 16.5. The van der Waals surface area contributed by atoms with E-state index in [1.165, 1.54) is 0 Å². The predicted octanol–water partition coefficient (Wildman–Crippen LogP) is 1.44. The fourth-order valence-corrected chi connectivity index (χ4v) is 1.54. The number of carbonyl (C=O) groups is 2. The Bertz CT molecular complexity index is 444. The SMILES string of the molecule is CCOC(=O)CCNC(=O)c1cccc(N(C)C)c1. The molecule has 0 saturated heterocycles. The summed E-state index contributed by atoms with van der Waals surface area (Å²) in [5, 5.41) is 2.70. The van der Waals surface area contributed by atoms with E-state index in [4.69, 9.17) is 4.74 Å². The standard InChI is InChI=1S/C14H20N2O3/c1-4-19-13(17)8-9-15-14(18)11-6-5-7-12(10-11)16(2)3/h5-7,10H,4,8-9H2,1-3H3,(H,15,18). The number of anilines is 1. The largest absolute Gasteiger partial charge is 0.466 e. The second kappa shape index (κ2) is 7.41. The fourth-order valence-electron chi connectivity index (χ4n) is 1.54. The molecule has 0 bridgehead atoms. The third-order valence-electron chi connectivity index (χ3n) is 2.54. The van der Waals surface area contributed by atoms with E-state index in [9.17, 15) is 9.59 Å². The Morgan fingerprint density at radius 2 is 2.05 bits per heavy atom. The molecule has 0 unspecified atom stereocenters. The van der Waals surface area contributed by atoms with Crippen LogP contribution in [0.2, 0.25) is 0 Å². The van der Waals surface area contributed by atoms with Crippen molar-refractivity contribution in [2.24, 2.45) is 0 Å². The fraction of sp³-hybridized carbons (Fsp3) is 0.429. The summed E-state index contributed by atoms with van der Waals surface area (Å²) in [5.74, 6) is -0.488. The van der Waals surface area contributed by atoms with Crippen LogP contribution in [0.15, 0.2) is 24.3 Å². The summed E-state index contributed by atoms with van der Waals surface area (Å²) < 4.78 is 4.78. The van der Waals surface area contributed by atoms with Crippen LogP contribution in [0.5, 0.6) is 0 Å². The highest BCUT2D eigenvalue weighted by molar-refractivity contribution is 5.95. The van der Waals surface area contributed by atoms with Gasteiger partial charge in [0.1, 0.15) is 0 Å². The molecule has 5 nitrogen and oxygen atoms in total. The molecule has 1 amide bonds. The van der Waals surface area contributed by atoms with E-state index in [2.05, 4.69) is 5.32 Å². The number of nitrogens with zero attached hydrogens (tertiary/aromatic N) is 1. The molecule has 1 aromatic rings. The van der Waals surface area contributed by atoms with Crippen LogP contribution < -0.4 is 10.2 Å². The van der Waals surface area contributed by atoms with Crippen molar-refractivity contribution in [3.63, 3.8) is 0 Å². The van der Waals surface area contributed by atoms with E-state index < -0.39 is 0 Å². The lowest BCUT2D eigenvalue weighted by Crippen LogP contribution is -2.26. The van der Waals surface area contributed by atoms with E-state index in [-0.39, 0.29) is 24.8 Å². The van der Waals surface area contributed by atoms with Crippen molar-refractivity contribution < 1.29 is 14.3 Å². The summed E-state index contributed by atoms with van der Waals surface area (Å²) in [4.78, 5) is 24.9. The molecule has 1 aromatic carbocycles. The van der Waals surface area contributed by atoms with Gasteiger partial charge in [-0.15, -0.1) is 0 Å². The molecule has 0 radical (unpaired) electrons. The van der Waals surface area contributed by atoms with Crippen molar-refractivity contribution >= 4 is 17.6 Å². The first kappa shape index (κ1) is 15.0. The lowest BCUT2D eigenvalue weighted by molar-refractivity contribution is -0.142. The zero-order chi connectivity index (χ0) is 14.3. The van der Waals surface area contributed by atoms with Crippen LogP contribution >= 0.6 is 0 Å². The van der Waals surface area contributed by atoms with Crippen LogP contribution in [-0.2, 0) is 9.53 Å². The monoisotopic (exact) mass is 264 g/mol. The summed E-state index contributed by atoms with van der Waals surface area (Å²) in [6, 6.07) is 7.30. The lowest BCUT2D eigenvalue weighted by Gasteiger charge is -2.13. The normalized spacial score (nSPS) is 9.84. The number of carbonyl (C=O) groups excluding carboxylic acids is 2. The van der Waals surface area contributed by atoms with Gasteiger partial charge in [-0.1, -0.05) is 6.07 Å². The summed E-state index contributed by atoms with van der Waals surface area (Å²) in [5.41, 5.74) is 1.54. The number of hydrogen-bond acceptors (Lipinski definition) is 4. The van der Waals surface area contributed by atoms with Gasteiger partial charge in [0.05, 0.1) is 13.0 Å². The molecule has 0 spiro atoms. The van der Waals surface area contributed by atoms with Crippen LogP contribution in [0.4, 0.5) is 5.69 Å². The molecule has 0 aliphatic rings. The number of nitrogens with one attached hydrogen (secondary N) is 1. The van der Waals surface area contributed by atoms with E-state index >= 15 is 0 Å². The van der Waals surface area contributed by atoms with Gasteiger partial charge in [0.25, 0.3) is 5.91 Å². The second-order valence-electron chi connectivity index (χ2n) is 4.26. The van der Waals surface area contributed by atoms with Crippen LogP contribution in [0, 0.1) is 0 Å². The Labute approximate surface area is 113 Å². The molecule has 0 aliphatic carbocycles. The van der Waals surface area contributed by atoms with Gasteiger partial charge in [-0.3, -0.25) is 9.59 Å². The zero-order valence-electron chi connectivity index (χ0n) is 11.6. The molecule has 0 aromatic heterocycles. The molecule has 19 heavy (non-hydrogen) atoms. The molecule has 0 aliphatic heterocycles. The molecule has 0 saturated carbocycles. The molecule has 104 valence electrons. The van der Waals surface area contributed by atoms with E-state index in [0.29, 0.717) is 12.2 Å². The number of rotatable bonds is 6. The third-order valence-corrected chi connectivity index (χ3v) is 2.54. The van der Waals surface area contributed by atoms with Gasteiger partial charge in [-0.25, -0.2) is 0 Å².